The van der Waals surface area contributed by atoms with Crippen LogP contribution in [0.3, 0.4) is 0 Å². The van der Waals surface area contributed by atoms with Crippen molar-refractivity contribution < 1.29 is 9.72 Å². The van der Waals surface area contributed by atoms with Gasteiger partial charge in [-0.3, -0.25) is 14.9 Å². The van der Waals surface area contributed by atoms with Crippen LogP contribution >= 0.6 is 23.4 Å². The van der Waals surface area contributed by atoms with E-state index < -0.39 is 4.92 Å². The quantitative estimate of drug-likeness (QED) is 0.323. The Morgan fingerprint density at radius 1 is 1.17 bits per heavy atom. The summed E-state index contributed by atoms with van der Waals surface area (Å²) < 4.78 is 0. The molecule has 0 aliphatic heterocycles. The SMILES string of the molecule is O=C(CNc1ccccc1[N+](=O)[O-])NCCSc1ccc(Cl)cc1. The molecule has 0 spiro atoms. The van der Waals surface area contributed by atoms with Crippen molar-refractivity contribution in [1.29, 1.82) is 0 Å². The predicted molar refractivity (Wildman–Crippen MR) is 96.8 cm³/mol. The zero-order chi connectivity index (χ0) is 17.4. The van der Waals surface area contributed by atoms with E-state index >= 15 is 0 Å². The summed E-state index contributed by atoms with van der Waals surface area (Å²) in [6.45, 7) is 0.487. The maximum Gasteiger partial charge on any atom is 0.292 e. The molecule has 2 aromatic carbocycles. The fraction of sp³-hybridized carbons (Fsp3) is 0.188. The smallest absolute Gasteiger partial charge is 0.292 e. The standard InChI is InChI=1S/C16H16ClN3O3S/c17-12-5-7-13(8-6-12)24-10-9-18-16(21)11-19-14-3-1-2-4-15(14)20(22)23/h1-8,19H,9-11H2,(H,18,21). The number of nitrogens with one attached hydrogen (secondary N) is 2. The van der Waals surface area contributed by atoms with Crippen LogP contribution in [0.1, 0.15) is 0 Å². The summed E-state index contributed by atoms with van der Waals surface area (Å²) in [4.78, 5) is 23.3. The number of anilines is 1. The minimum absolute atomic E-state index is 0.0174. The largest absolute Gasteiger partial charge is 0.371 e. The van der Waals surface area contributed by atoms with Gasteiger partial charge in [0.05, 0.1) is 11.5 Å². The molecule has 0 aliphatic carbocycles. The van der Waals surface area contributed by atoms with Crippen LogP contribution in [0.15, 0.2) is 53.4 Å². The fourth-order valence-electron chi connectivity index (χ4n) is 1.91. The van der Waals surface area contributed by atoms with Crippen molar-refractivity contribution in [2.45, 2.75) is 4.90 Å². The molecule has 0 unspecified atom stereocenters. The van der Waals surface area contributed by atoms with Gasteiger partial charge in [0.2, 0.25) is 5.91 Å². The summed E-state index contributed by atoms with van der Waals surface area (Å²) in [5.41, 5.74) is 0.275. The molecule has 0 saturated heterocycles. The van der Waals surface area contributed by atoms with Crippen LogP contribution in [-0.2, 0) is 4.79 Å². The summed E-state index contributed by atoms with van der Waals surface area (Å²) in [6.07, 6.45) is 0. The molecule has 1 amide bonds. The van der Waals surface area contributed by atoms with Crippen LogP contribution in [0.2, 0.25) is 5.02 Å². The summed E-state index contributed by atoms with van der Waals surface area (Å²) >= 11 is 7.42. The number of rotatable bonds is 8. The predicted octanol–water partition coefficient (Wildman–Crippen LogP) is 3.57. The van der Waals surface area contributed by atoms with Gasteiger partial charge in [0.25, 0.3) is 5.69 Å². The second-order valence-electron chi connectivity index (χ2n) is 4.78. The number of nitro groups is 1. The molecule has 2 N–H and O–H groups in total. The number of halogens is 1. The first kappa shape index (κ1) is 18.1. The lowest BCUT2D eigenvalue weighted by Gasteiger charge is -2.08. The molecule has 0 bridgehead atoms. The Balaban J connectivity index is 1.70. The fourth-order valence-corrected chi connectivity index (χ4v) is 2.80. The first-order valence-electron chi connectivity index (χ1n) is 7.18. The highest BCUT2D eigenvalue weighted by molar-refractivity contribution is 7.99. The van der Waals surface area contributed by atoms with E-state index in [4.69, 9.17) is 11.6 Å². The minimum Gasteiger partial charge on any atom is -0.371 e. The number of nitrogens with zero attached hydrogens (tertiary/aromatic N) is 1. The number of carbonyl (C=O) groups excluding carboxylic acids is 1. The molecule has 126 valence electrons. The van der Waals surface area contributed by atoms with Crippen molar-refractivity contribution in [1.82, 2.24) is 5.32 Å². The van der Waals surface area contributed by atoms with E-state index in [-0.39, 0.29) is 18.1 Å². The van der Waals surface area contributed by atoms with Crippen molar-refractivity contribution in [3.8, 4) is 0 Å². The van der Waals surface area contributed by atoms with Crippen LogP contribution in [-0.4, -0.2) is 29.7 Å². The van der Waals surface area contributed by atoms with Crippen molar-refractivity contribution in [2.24, 2.45) is 0 Å². The summed E-state index contributed by atoms with van der Waals surface area (Å²) in [6, 6.07) is 13.7. The lowest BCUT2D eigenvalue weighted by Crippen LogP contribution is -2.31. The van der Waals surface area contributed by atoms with Gasteiger partial charge in [-0.05, 0) is 30.3 Å². The zero-order valence-corrected chi connectivity index (χ0v) is 14.3. The van der Waals surface area contributed by atoms with Gasteiger partial charge in [0.15, 0.2) is 0 Å². The number of amides is 1. The van der Waals surface area contributed by atoms with Crippen LogP contribution < -0.4 is 10.6 Å². The third-order valence-electron chi connectivity index (χ3n) is 3.05. The maximum atomic E-state index is 11.8. The highest BCUT2D eigenvalue weighted by atomic mass is 35.5. The van der Waals surface area contributed by atoms with E-state index in [9.17, 15) is 14.9 Å². The van der Waals surface area contributed by atoms with Crippen molar-refractivity contribution >= 4 is 40.6 Å². The van der Waals surface area contributed by atoms with Crippen LogP contribution in [0.25, 0.3) is 0 Å². The normalized spacial score (nSPS) is 10.2. The van der Waals surface area contributed by atoms with Crippen molar-refractivity contribution in [2.75, 3.05) is 24.2 Å². The topological polar surface area (TPSA) is 84.3 Å². The molecule has 0 atom stereocenters. The number of hydrogen-bond donors (Lipinski definition) is 2. The van der Waals surface area contributed by atoms with Crippen molar-refractivity contribution in [3.05, 3.63) is 63.7 Å². The highest BCUT2D eigenvalue weighted by Crippen LogP contribution is 2.22. The van der Waals surface area contributed by atoms with Gasteiger partial charge in [-0.1, -0.05) is 23.7 Å². The monoisotopic (exact) mass is 365 g/mol. The van der Waals surface area contributed by atoms with Gasteiger partial charge in [0, 0.05) is 28.3 Å². The Bertz CT molecular complexity index is 710. The van der Waals surface area contributed by atoms with E-state index in [1.54, 1.807) is 30.0 Å². The first-order valence-corrected chi connectivity index (χ1v) is 8.55. The number of nitro benzene ring substituents is 1. The second kappa shape index (κ2) is 9.14. The Hall–Kier alpha value is -2.25. The van der Waals surface area contributed by atoms with E-state index in [1.165, 1.54) is 6.07 Å². The molecule has 8 heteroatoms. The number of hydrogen-bond acceptors (Lipinski definition) is 5. The van der Waals surface area contributed by atoms with E-state index in [0.717, 1.165) is 10.6 Å². The number of benzene rings is 2. The average Bonchev–Trinajstić information content (AvgIpc) is 2.58. The molecule has 0 heterocycles. The van der Waals surface area contributed by atoms with Gasteiger partial charge < -0.3 is 10.6 Å². The molecule has 0 aromatic heterocycles. The maximum absolute atomic E-state index is 11.8. The Morgan fingerprint density at radius 3 is 2.58 bits per heavy atom. The molecule has 2 rings (SSSR count). The molecule has 0 fully saturated rings. The van der Waals surface area contributed by atoms with Gasteiger partial charge >= 0.3 is 0 Å². The molecule has 0 aliphatic rings. The molecule has 6 nitrogen and oxygen atoms in total. The third kappa shape index (κ3) is 5.75. The van der Waals surface area contributed by atoms with Crippen LogP contribution in [0.5, 0.6) is 0 Å². The van der Waals surface area contributed by atoms with Crippen molar-refractivity contribution in [3.63, 3.8) is 0 Å². The molecular weight excluding hydrogens is 350 g/mol. The average molecular weight is 366 g/mol. The van der Waals surface area contributed by atoms with E-state index in [1.807, 2.05) is 24.3 Å². The molecule has 2 aromatic rings. The number of carbonyl (C=O) groups is 1. The first-order chi connectivity index (χ1) is 11.6. The molecule has 24 heavy (non-hydrogen) atoms. The molecular formula is C16H16ClN3O3S. The minimum atomic E-state index is -0.483. The van der Waals surface area contributed by atoms with E-state index in [0.29, 0.717) is 17.3 Å². The lowest BCUT2D eigenvalue weighted by atomic mass is 10.2. The van der Waals surface area contributed by atoms with Crippen LogP contribution in [0.4, 0.5) is 11.4 Å². The van der Waals surface area contributed by atoms with Gasteiger partial charge in [-0.25, -0.2) is 0 Å². The highest BCUT2D eigenvalue weighted by Gasteiger charge is 2.12. The summed E-state index contributed by atoms with van der Waals surface area (Å²) in [7, 11) is 0. The van der Waals surface area contributed by atoms with Gasteiger partial charge in [-0.15, -0.1) is 11.8 Å². The number of thioether (sulfide) groups is 1. The third-order valence-corrected chi connectivity index (χ3v) is 4.31. The zero-order valence-electron chi connectivity index (χ0n) is 12.7. The Labute approximate surface area is 148 Å². The van der Waals surface area contributed by atoms with E-state index in [2.05, 4.69) is 10.6 Å². The van der Waals surface area contributed by atoms with Crippen LogP contribution in [0, 0.1) is 10.1 Å². The Kier molecular flexibility index (Phi) is 6.89. The molecule has 0 radical (unpaired) electrons. The van der Waals surface area contributed by atoms with Gasteiger partial charge in [-0.2, -0.15) is 0 Å². The summed E-state index contributed by atoms with van der Waals surface area (Å²) in [5, 5.41) is 17.1. The number of para-hydroxylation sites is 2. The second-order valence-corrected chi connectivity index (χ2v) is 6.38. The molecule has 0 saturated carbocycles. The van der Waals surface area contributed by atoms with Gasteiger partial charge in [0.1, 0.15) is 5.69 Å². The lowest BCUT2D eigenvalue weighted by molar-refractivity contribution is -0.383. The Morgan fingerprint density at radius 2 is 1.88 bits per heavy atom. The summed E-state index contributed by atoms with van der Waals surface area (Å²) in [5.74, 6) is 0.503.